The van der Waals surface area contributed by atoms with Crippen molar-refractivity contribution in [2.24, 2.45) is 17.8 Å². The van der Waals surface area contributed by atoms with E-state index >= 15 is 0 Å². The molecule has 2 saturated carbocycles. The van der Waals surface area contributed by atoms with Crippen LogP contribution in [0.3, 0.4) is 0 Å². The SMILES string of the molecule is N#Cc1cc(F)ccc1NC(=O)N[C@H]1[C@H]2CC[C@@H](C2)[C@H]1CO. The highest BCUT2D eigenvalue weighted by Crippen LogP contribution is 2.48. The van der Waals surface area contributed by atoms with Gasteiger partial charge in [-0.05, 0) is 49.3 Å². The minimum absolute atomic E-state index is 0.0327. The Morgan fingerprint density at radius 3 is 2.91 bits per heavy atom. The van der Waals surface area contributed by atoms with E-state index in [1.54, 1.807) is 0 Å². The third-order valence-electron chi connectivity index (χ3n) is 4.95. The van der Waals surface area contributed by atoms with Gasteiger partial charge in [0.15, 0.2) is 0 Å². The first-order valence-corrected chi connectivity index (χ1v) is 7.50. The van der Waals surface area contributed by atoms with E-state index in [-0.39, 0.29) is 29.8 Å². The number of aliphatic hydroxyl groups is 1. The van der Waals surface area contributed by atoms with E-state index in [0.29, 0.717) is 11.8 Å². The first-order valence-electron chi connectivity index (χ1n) is 7.50. The summed E-state index contributed by atoms with van der Waals surface area (Å²) in [6.45, 7) is 0.0755. The van der Waals surface area contributed by atoms with Gasteiger partial charge in [0.25, 0.3) is 0 Å². The number of urea groups is 1. The number of nitrogens with one attached hydrogen (secondary N) is 2. The van der Waals surface area contributed by atoms with Crippen LogP contribution in [-0.4, -0.2) is 23.8 Å². The number of hydrogen-bond donors (Lipinski definition) is 3. The fraction of sp³-hybridized carbons (Fsp3) is 0.500. The van der Waals surface area contributed by atoms with E-state index in [1.165, 1.54) is 12.1 Å². The first-order chi connectivity index (χ1) is 10.6. The summed E-state index contributed by atoms with van der Waals surface area (Å²) in [4.78, 5) is 12.2. The summed E-state index contributed by atoms with van der Waals surface area (Å²) >= 11 is 0. The first kappa shape index (κ1) is 14.8. The third kappa shape index (κ3) is 2.64. The van der Waals surface area contributed by atoms with Gasteiger partial charge in [-0.25, -0.2) is 9.18 Å². The van der Waals surface area contributed by atoms with Gasteiger partial charge in [-0.2, -0.15) is 5.26 Å². The van der Waals surface area contributed by atoms with Crippen LogP contribution >= 0.6 is 0 Å². The van der Waals surface area contributed by atoms with E-state index in [2.05, 4.69) is 10.6 Å². The summed E-state index contributed by atoms with van der Waals surface area (Å²) in [7, 11) is 0. The summed E-state index contributed by atoms with van der Waals surface area (Å²) in [5.74, 6) is 0.487. The quantitative estimate of drug-likeness (QED) is 0.800. The van der Waals surface area contributed by atoms with Crippen molar-refractivity contribution >= 4 is 11.7 Å². The predicted octanol–water partition coefficient (Wildman–Crippen LogP) is 2.23. The van der Waals surface area contributed by atoms with Gasteiger partial charge in [-0.15, -0.1) is 0 Å². The Balaban J connectivity index is 1.67. The lowest BCUT2D eigenvalue weighted by Gasteiger charge is -2.30. The topological polar surface area (TPSA) is 85.2 Å². The van der Waals surface area contributed by atoms with Gasteiger partial charge in [-0.1, -0.05) is 0 Å². The molecule has 1 aromatic rings. The van der Waals surface area contributed by atoms with Crippen molar-refractivity contribution in [3.05, 3.63) is 29.6 Å². The zero-order chi connectivity index (χ0) is 15.7. The average molecular weight is 303 g/mol. The molecule has 3 N–H and O–H groups in total. The van der Waals surface area contributed by atoms with Gasteiger partial charge < -0.3 is 15.7 Å². The summed E-state index contributed by atoms with van der Waals surface area (Å²) in [5, 5.41) is 24.0. The van der Waals surface area contributed by atoms with E-state index < -0.39 is 11.8 Å². The lowest BCUT2D eigenvalue weighted by Crippen LogP contribution is -2.46. The summed E-state index contributed by atoms with van der Waals surface area (Å²) in [6, 6.07) is 5.07. The monoisotopic (exact) mass is 303 g/mol. The molecule has 0 saturated heterocycles. The Hall–Kier alpha value is -2.13. The van der Waals surface area contributed by atoms with Gasteiger partial charge in [0.1, 0.15) is 11.9 Å². The molecule has 2 aliphatic rings. The fourth-order valence-electron chi connectivity index (χ4n) is 3.93. The van der Waals surface area contributed by atoms with Crippen LogP contribution in [0.25, 0.3) is 0 Å². The van der Waals surface area contributed by atoms with Crippen LogP contribution in [0.15, 0.2) is 18.2 Å². The minimum Gasteiger partial charge on any atom is -0.396 e. The van der Waals surface area contributed by atoms with Gasteiger partial charge in [0.05, 0.1) is 11.3 Å². The maximum Gasteiger partial charge on any atom is 0.319 e. The second kappa shape index (κ2) is 5.93. The standard InChI is InChI=1S/C16H18FN3O2/c17-12-3-4-14(11(6-12)7-18)19-16(22)20-15-10-2-1-9(5-10)13(15)8-21/h3-4,6,9-10,13,15,21H,1-2,5,8H2,(H2,19,20,22)/t9-,10-,13+,15-/m0/s1. The smallest absolute Gasteiger partial charge is 0.319 e. The Morgan fingerprint density at radius 2 is 2.18 bits per heavy atom. The number of fused-ring (bicyclic) bond motifs is 2. The Kier molecular flexibility index (Phi) is 3.99. The molecule has 1 aromatic carbocycles. The molecule has 2 aliphatic carbocycles. The maximum absolute atomic E-state index is 13.1. The third-order valence-corrected chi connectivity index (χ3v) is 4.95. The number of halogens is 1. The molecule has 0 aliphatic heterocycles. The van der Waals surface area contributed by atoms with E-state index in [1.807, 2.05) is 6.07 Å². The molecule has 2 fully saturated rings. The molecule has 6 heteroatoms. The Labute approximate surface area is 128 Å². The van der Waals surface area contributed by atoms with Gasteiger partial charge in [0.2, 0.25) is 0 Å². The Bertz CT molecular complexity index is 628. The summed E-state index contributed by atoms with van der Waals surface area (Å²) in [6.07, 6.45) is 3.24. The van der Waals surface area contributed by atoms with Crippen molar-refractivity contribution in [1.29, 1.82) is 5.26 Å². The average Bonchev–Trinajstić information content (AvgIpc) is 3.10. The molecule has 0 spiro atoms. The molecule has 2 amide bonds. The van der Waals surface area contributed by atoms with Crippen LogP contribution in [0.1, 0.15) is 24.8 Å². The number of hydrogen-bond acceptors (Lipinski definition) is 3. The number of carbonyl (C=O) groups is 1. The highest BCUT2D eigenvalue weighted by atomic mass is 19.1. The molecule has 0 radical (unpaired) electrons. The van der Waals surface area contributed by atoms with Crippen molar-refractivity contribution in [3.63, 3.8) is 0 Å². The highest BCUT2D eigenvalue weighted by molar-refractivity contribution is 5.91. The second-order valence-electron chi connectivity index (χ2n) is 6.11. The van der Waals surface area contributed by atoms with E-state index in [0.717, 1.165) is 25.3 Å². The number of amides is 2. The number of benzene rings is 1. The summed E-state index contributed by atoms with van der Waals surface area (Å²) < 4.78 is 13.1. The molecule has 0 unspecified atom stereocenters. The van der Waals surface area contributed by atoms with Crippen molar-refractivity contribution in [1.82, 2.24) is 5.32 Å². The molecular formula is C16H18FN3O2. The molecule has 22 heavy (non-hydrogen) atoms. The molecule has 4 atom stereocenters. The molecule has 0 heterocycles. The lowest BCUT2D eigenvalue weighted by atomic mass is 9.85. The van der Waals surface area contributed by atoms with Crippen LogP contribution in [0, 0.1) is 34.9 Å². The molecule has 116 valence electrons. The summed E-state index contributed by atoms with van der Waals surface area (Å²) in [5.41, 5.74) is 0.368. The molecule has 0 aromatic heterocycles. The van der Waals surface area contributed by atoms with E-state index in [9.17, 15) is 14.3 Å². The van der Waals surface area contributed by atoms with Gasteiger partial charge >= 0.3 is 6.03 Å². The normalized spacial score (nSPS) is 29.1. The zero-order valence-electron chi connectivity index (χ0n) is 12.1. The lowest BCUT2D eigenvalue weighted by molar-refractivity contribution is 0.146. The van der Waals surface area contributed by atoms with Gasteiger partial charge in [-0.3, -0.25) is 0 Å². The van der Waals surface area contributed by atoms with Crippen LogP contribution in [0.4, 0.5) is 14.9 Å². The van der Waals surface area contributed by atoms with Crippen LogP contribution in [0.5, 0.6) is 0 Å². The second-order valence-corrected chi connectivity index (χ2v) is 6.11. The minimum atomic E-state index is -0.518. The number of nitriles is 1. The van der Waals surface area contributed by atoms with Crippen molar-refractivity contribution in [3.8, 4) is 6.07 Å². The number of carbonyl (C=O) groups excluding carboxylic acids is 1. The fourth-order valence-corrected chi connectivity index (χ4v) is 3.93. The number of aliphatic hydroxyl groups excluding tert-OH is 1. The molecular weight excluding hydrogens is 285 g/mol. The van der Waals surface area contributed by atoms with Crippen LogP contribution < -0.4 is 10.6 Å². The van der Waals surface area contributed by atoms with Crippen LogP contribution in [0.2, 0.25) is 0 Å². The molecule has 2 bridgehead atoms. The zero-order valence-corrected chi connectivity index (χ0v) is 12.1. The maximum atomic E-state index is 13.1. The largest absolute Gasteiger partial charge is 0.396 e. The van der Waals surface area contributed by atoms with Crippen molar-refractivity contribution in [2.75, 3.05) is 11.9 Å². The highest BCUT2D eigenvalue weighted by Gasteiger charge is 2.47. The predicted molar refractivity (Wildman–Crippen MR) is 78.5 cm³/mol. The number of nitrogens with zero attached hydrogens (tertiary/aromatic N) is 1. The van der Waals surface area contributed by atoms with Crippen molar-refractivity contribution in [2.45, 2.75) is 25.3 Å². The van der Waals surface area contributed by atoms with Crippen molar-refractivity contribution < 1.29 is 14.3 Å². The number of anilines is 1. The molecule has 5 nitrogen and oxygen atoms in total. The van der Waals surface area contributed by atoms with Gasteiger partial charge in [0, 0.05) is 18.6 Å². The van der Waals surface area contributed by atoms with Crippen LogP contribution in [-0.2, 0) is 0 Å². The Morgan fingerprint density at radius 1 is 1.41 bits per heavy atom. The molecule has 3 rings (SSSR count). The van der Waals surface area contributed by atoms with E-state index in [4.69, 9.17) is 5.26 Å². The number of rotatable bonds is 3.